The van der Waals surface area contributed by atoms with Crippen LogP contribution in [-0.4, -0.2) is 34.2 Å². The number of methoxy groups -OCH3 is 1. The number of aromatic nitrogens is 2. The van der Waals surface area contributed by atoms with Crippen molar-refractivity contribution in [3.8, 4) is 5.75 Å². The van der Waals surface area contributed by atoms with Crippen LogP contribution in [0.2, 0.25) is 0 Å². The summed E-state index contributed by atoms with van der Waals surface area (Å²) in [6.45, 7) is 4.28. The van der Waals surface area contributed by atoms with Crippen LogP contribution in [0, 0.1) is 0 Å². The highest BCUT2D eigenvalue weighted by Gasteiger charge is 2.26. The van der Waals surface area contributed by atoms with Gasteiger partial charge in [0.1, 0.15) is 18.8 Å². The summed E-state index contributed by atoms with van der Waals surface area (Å²) in [6.07, 6.45) is 0. The largest absolute Gasteiger partial charge is 0.481 e. The number of nitrogens with one attached hydrogen (secondary N) is 1. The van der Waals surface area contributed by atoms with Crippen molar-refractivity contribution < 1.29 is 23.8 Å². The number of esters is 2. The Balaban J connectivity index is 2.50. The monoisotopic (exact) mass is 390 g/mol. The number of H-pyrrole nitrogens is 1. The van der Waals surface area contributed by atoms with E-state index in [-0.39, 0.29) is 6.61 Å². The Kier molecular flexibility index (Phi) is 6.40. The van der Waals surface area contributed by atoms with Crippen LogP contribution in [-0.2, 0) is 27.4 Å². The van der Waals surface area contributed by atoms with Crippen molar-refractivity contribution in [3.63, 3.8) is 0 Å². The zero-order valence-electron chi connectivity index (χ0n) is 16.1. The van der Waals surface area contributed by atoms with Crippen molar-refractivity contribution in [2.24, 2.45) is 0 Å². The molecule has 0 amide bonds. The summed E-state index contributed by atoms with van der Waals surface area (Å²) >= 11 is 0. The molecule has 0 atom stereocenters. The molecule has 0 spiro atoms. The summed E-state index contributed by atoms with van der Waals surface area (Å²) < 4.78 is 15.9. The maximum atomic E-state index is 12.8. The summed E-state index contributed by atoms with van der Waals surface area (Å²) in [5, 5.41) is 0. The lowest BCUT2D eigenvalue weighted by Gasteiger charge is -2.20. The molecule has 0 aliphatic carbocycles. The van der Waals surface area contributed by atoms with Crippen LogP contribution in [0.15, 0.2) is 39.9 Å². The first-order chi connectivity index (χ1) is 13.1. The SMILES string of the molecule is COC(=O)Cn1c(=O)[nH]c(C(=O)OC(C)(C)C)c(OCc2ccccc2)c1=O. The average molecular weight is 390 g/mol. The zero-order valence-corrected chi connectivity index (χ0v) is 16.1. The van der Waals surface area contributed by atoms with Crippen LogP contribution in [0.5, 0.6) is 5.75 Å². The van der Waals surface area contributed by atoms with Gasteiger partial charge in [-0.25, -0.2) is 14.2 Å². The molecule has 28 heavy (non-hydrogen) atoms. The van der Waals surface area contributed by atoms with Crippen LogP contribution >= 0.6 is 0 Å². The normalized spacial score (nSPS) is 11.0. The van der Waals surface area contributed by atoms with Crippen molar-refractivity contribution in [2.45, 2.75) is 39.5 Å². The minimum Gasteiger partial charge on any atom is -0.481 e. The lowest BCUT2D eigenvalue weighted by Crippen LogP contribution is -2.40. The standard InChI is InChI=1S/C19H22N2O7/c1-19(2,3)28-17(24)14-15(27-11-12-8-6-5-7-9-12)16(23)21(18(25)20-14)10-13(22)26-4/h5-9H,10-11H2,1-4H3,(H,20,25). The van der Waals surface area contributed by atoms with Gasteiger partial charge >= 0.3 is 17.6 Å². The first kappa shape index (κ1) is 20.9. The van der Waals surface area contributed by atoms with E-state index in [0.717, 1.165) is 12.7 Å². The Hall–Kier alpha value is -3.36. The fraction of sp³-hybridized carbons (Fsp3) is 0.368. The van der Waals surface area contributed by atoms with Crippen LogP contribution < -0.4 is 16.0 Å². The van der Waals surface area contributed by atoms with Crippen molar-refractivity contribution in [1.82, 2.24) is 9.55 Å². The maximum absolute atomic E-state index is 12.8. The molecule has 0 aliphatic heterocycles. The second-order valence-electron chi connectivity index (χ2n) is 6.88. The fourth-order valence-corrected chi connectivity index (χ4v) is 2.23. The van der Waals surface area contributed by atoms with Crippen LogP contribution in [0.3, 0.4) is 0 Å². The molecular weight excluding hydrogens is 368 g/mol. The van der Waals surface area contributed by atoms with E-state index in [9.17, 15) is 19.2 Å². The highest BCUT2D eigenvalue weighted by molar-refractivity contribution is 5.90. The van der Waals surface area contributed by atoms with Crippen molar-refractivity contribution in [3.05, 3.63) is 62.4 Å². The topological polar surface area (TPSA) is 117 Å². The summed E-state index contributed by atoms with van der Waals surface area (Å²) in [4.78, 5) is 51.3. The maximum Gasteiger partial charge on any atom is 0.359 e. The summed E-state index contributed by atoms with van der Waals surface area (Å²) in [6, 6.07) is 8.93. The van der Waals surface area contributed by atoms with E-state index in [0.29, 0.717) is 4.57 Å². The third-order valence-electron chi connectivity index (χ3n) is 3.49. The molecule has 0 radical (unpaired) electrons. The van der Waals surface area contributed by atoms with E-state index in [2.05, 4.69) is 9.72 Å². The van der Waals surface area contributed by atoms with Gasteiger partial charge in [0.2, 0.25) is 5.75 Å². The van der Waals surface area contributed by atoms with Gasteiger partial charge in [-0.3, -0.25) is 14.6 Å². The lowest BCUT2D eigenvalue weighted by molar-refractivity contribution is -0.141. The summed E-state index contributed by atoms with van der Waals surface area (Å²) in [5.41, 5.74) is -2.43. The second kappa shape index (κ2) is 8.55. The molecular formula is C19H22N2O7. The number of hydrogen-bond donors (Lipinski definition) is 1. The van der Waals surface area contributed by atoms with Gasteiger partial charge in [0, 0.05) is 0 Å². The molecule has 1 heterocycles. The number of rotatable bonds is 6. The zero-order chi connectivity index (χ0) is 20.9. The Morgan fingerprint density at radius 1 is 1.11 bits per heavy atom. The molecule has 9 heteroatoms. The minimum absolute atomic E-state index is 0.0316. The van der Waals surface area contributed by atoms with Gasteiger partial charge in [-0.15, -0.1) is 0 Å². The molecule has 1 N–H and O–H groups in total. The smallest absolute Gasteiger partial charge is 0.359 e. The molecule has 2 aromatic rings. The number of nitrogens with zero attached hydrogens (tertiary/aromatic N) is 1. The van der Waals surface area contributed by atoms with Gasteiger partial charge in [-0.05, 0) is 26.3 Å². The fourth-order valence-electron chi connectivity index (χ4n) is 2.23. The molecule has 1 aromatic heterocycles. The number of carbonyl (C=O) groups is 2. The lowest BCUT2D eigenvalue weighted by atomic mass is 10.2. The molecule has 0 bridgehead atoms. The summed E-state index contributed by atoms with van der Waals surface area (Å²) in [7, 11) is 1.13. The highest BCUT2D eigenvalue weighted by atomic mass is 16.6. The van der Waals surface area contributed by atoms with Crippen molar-refractivity contribution in [1.29, 1.82) is 0 Å². The number of carbonyl (C=O) groups excluding carboxylic acids is 2. The molecule has 0 saturated heterocycles. The number of hydrogen-bond acceptors (Lipinski definition) is 7. The van der Waals surface area contributed by atoms with E-state index in [1.54, 1.807) is 45.0 Å². The molecule has 150 valence electrons. The van der Waals surface area contributed by atoms with Gasteiger partial charge in [0.15, 0.2) is 5.69 Å². The van der Waals surface area contributed by atoms with E-state index in [1.807, 2.05) is 6.07 Å². The van der Waals surface area contributed by atoms with Gasteiger partial charge in [-0.2, -0.15) is 0 Å². The molecule has 1 aromatic carbocycles. The van der Waals surface area contributed by atoms with E-state index in [1.165, 1.54) is 0 Å². The van der Waals surface area contributed by atoms with Gasteiger partial charge in [0.05, 0.1) is 7.11 Å². The molecule has 0 saturated carbocycles. The second-order valence-corrected chi connectivity index (χ2v) is 6.88. The third kappa shape index (κ3) is 5.32. The number of benzene rings is 1. The Morgan fingerprint density at radius 3 is 2.32 bits per heavy atom. The predicted octanol–water partition coefficient (Wildman–Crippen LogP) is 1.24. The van der Waals surface area contributed by atoms with E-state index in [4.69, 9.17) is 9.47 Å². The third-order valence-corrected chi connectivity index (χ3v) is 3.49. The quantitative estimate of drug-likeness (QED) is 0.738. The molecule has 2 rings (SSSR count). The van der Waals surface area contributed by atoms with E-state index >= 15 is 0 Å². The van der Waals surface area contributed by atoms with Crippen molar-refractivity contribution in [2.75, 3.05) is 7.11 Å². The minimum atomic E-state index is -0.955. The van der Waals surface area contributed by atoms with Gasteiger partial charge in [0.25, 0.3) is 5.56 Å². The Bertz CT molecular complexity index is 969. The van der Waals surface area contributed by atoms with Gasteiger partial charge in [-0.1, -0.05) is 30.3 Å². The van der Waals surface area contributed by atoms with Crippen LogP contribution in [0.25, 0.3) is 0 Å². The van der Waals surface area contributed by atoms with Crippen LogP contribution in [0.4, 0.5) is 0 Å². The van der Waals surface area contributed by atoms with Crippen LogP contribution in [0.1, 0.15) is 36.8 Å². The molecule has 9 nitrogen and oxygen atoms in total. The summed E-state index contributed by atoms with van der Waals surface area (Å²) in [5.74, 6) is -2.14. The van der Waals surface area contributed by atoms with Gasteiger partial charge < -0.3 is 14.2 Å². The van der Waals surface area contributed by atoms with E-state index < -0.39 is 46.8 Å². The average Bonchev–Trinajstić information content (AvgIpc) is 2.63. The Labute approximate surface area is 160 Å². The first-order valence-electron chi connectivity index (χ1n) is 8.46. The highest BCUT2D eigenvalue weighted by Crippen LogP contribution is 2.17. The van der Waals surface area contributed by atoms with Crippen molar-refractivity contribution >= 4 is 11.9 Å². The predicted molar refractivity (Wildman–Crippen MR) is 99.3 cm³/mol. The Morgan fingerprint density at radius 2 is 1.75 bits per heavy atom. The molecule has 0 aliphatic rings. The number of ether oxygens (including phenoxy) is 3. The molecule has 0 unspecified atom stereocenters. The number of aromatic amines is 1. The first-order valence-corrected chi connectivity index (χ1v) is 8.46. The molecule has 0 fully saturated rings.